The number of benzene rings is 1. The Morgan fingerprint density at radius 1 is 1.19 bits per heavy atom. The first-order chi connectivity index (χ1) is 17.5. The summed E-state index contributed by atoms with van der Waals surface area (Å²) in [6.45, 7) is 3.08. The summed E-state index contributed by atoms with van der Waals surface area (Å²) in [6, 6.07) is 6.66. The van der Waals surface area contributed by atoms with Gasteiger partial charge in [-0.1, -0.05) is 24.3 Å². The minimum atomic E-state index is -1.01. The molecule has 2 aromatic rings. The largest absolute Gasteiger partial charge is 0.396 e. The number of nitrogens with zero attached hydrogens (tertiary/aromatic N) is 4. The second-order valence-corrected chi connectivity index (χ2v) is 9.94. The average Bonchev–Trinajstić information content (AvgIpc) is 3.63. The fourth-order valence-electron chi connectivity index (χ4n) is 6.21. The van der Waals surface area contributed by atoms with Crippen LogP contribution in [0, 0.1) is 11.8 Å². The molecular weight excluding hydrogens is 464 g/mol. The molecule has 3 N–H and O–H groups in total. The molecule has 2 unspecified atom stereocenters. The van der Waals surface area contributed by atoms with Gasteiger partial charge in [0.1, 0.15) is 23.8 Å². The molecule has 5 atom stereocenters. The van der Waals surface area contributed by atoms with Crippen molar-refractivity contribution in [1.82, 2.24) is 30.5 Å². The number of likely N-dealkylation sites (tertiary alicyclic amines) is 1. The van der Waals surface area contributed by atoms with E-state index >= 15 is 0 Å². The number of nitrogens with one attached hydrogen (secondary N) is 2. The molecule has 11 heteroatoms. The van der Waals surface area contributed by atoms with E-state index in [4.69, 9.17) is 9.84 Å². The molecule has 4 heterocycles. The minimum absolute atomic E-state index is 0.0841. The van der Waals surface area contributed by atoms with Crippen molar-refractivity contribution in [2.75, 3.05) is 19.7 Å². The molecule has 36 heavy (non-hydrogen) atoms. The van der Waals surface area contributed by atoms with Gasteiger partial charge in [0.05, 0.1) is 23.5 Å². The Labute approximate surface area is 209 Å². The lowest BCUT2D eigenvalue weighted by molar-refractivity contribution is -0.142. The summed E-state index contributed by atoms with van der Waals surface area (Å²) in [6.07, 6.45) is 3.67. The van der Waals surface area contributed by atoms with Gasteiger partial charge in [-0.3, -0.25) is 14.4 Å². The maximum absolute atomic E-state index is 13.8. The Morgan fingerprint density at radius 3 is 2.83 bits per heavy atom. The third kappa shape index (κ3) is 4.03. The maximum atomic E-state index is 13.8. The van der Waals surface area contributed by atoms with E-state index in [2.05, 4.69) is 20.9 Å². The van der Waals surface area contributed by atoms with E-state index in [9.17, 15) is 14.4 Å². The smallest absolute Gasteiger partial charge is 0.247 e. The van der Waals surface area contributed by atoms with Crippen LogP contribution >= 0.6 is 0 Å². The first kappa shape index (κ1) is 24.6. The predicted octanol–water partition coefficient (Wildman–Crippen LogP) is 0.568. The number of para-hydroxylation sites is 1. The fraction of sp³-hybridized carbons (Fsp3) is 0.640. The van der Waals surface area contributed by atoms with E-state index in [0.29, 0.717) is 38.8 Å². The molecule has 0 radical (unpaired) electrons. The molecule has 3 aliphatic rings. The van der Waals surface area contributed by atoms with Crippen molar-refractivity contribution in [2.45, 2.75) is 69.9 Å². The number of aliphatic hydroxyl groups is 1. The number of ether oxygens (including phenoxy) is 1. The standard InChI is InChI=1S/C25H34N6O5/c1-2-12-26-22(33)19-18-10-11-25(36-18)20(19)24(35)30(13-6-3-7-14-32)21(25)23(34)27-15-31-17-9-5-4-8-16(17)28-29-31/h4-5,8-9,18-21,32H,2-3,6-7,10-15H2,1H3,(H,26,33)(H,27,34)/t18-,19+,20-,21?,25?/m0/s1. The number of unbranched alkanes of at least 4 members (excludes halogenated alkanes) is 2. The molecule has 3 aliphatic heterocycles. The Bertz CT molecular complexity index is 1140. The lowest BCUT2D eigenvalue weighted by Gasteiger charge is -2.33. The van der Waals surface area contributed by atoms with Crippen molar-refractivity contribution in [2.24, 2.45) is 11.8 Å². The van der Waals surface area contributed by atoms with Gasteiger partial charge in [-0.2, -0.15) is 0 Å². The molecule has 1 spiro atoms. The molecule has 1 aromatic heterocycles. The van der Waals surface area contributed by atoms with Gasteiger partial charge in [-0.25, -0.2) is 4.68 Å². The van der Waals surface area contributed by atoms with Crippen molar-refractivity contribution in [3.8, 4) is 0 Å². The molecule has 3 saturated heterocycles. The van der Waals surface area contributed by atoms with Gasteiger partial charge in [0.25, 0.3) is 0 Å². The highest BCUT2D eigenvalue weighted by atomic mass is 16.5. The van der Waals surface area contributed by atoms with Crippen molar-refractivity contribution in [1.29, 1.82) is 0 Å². The molecule has 11 nitrogen and oxygen atoms in total. The van der Waals surface area contributed by atoms with Gasteiger partial charge in [0.2, 0.25) is 17.7 Å². The summed E-state index contributed by atoms with van der Waals surface area (Å²) < 4.78 is 8.02. The van der Waals surface area contributed by atoms with Gasteiger partial charge < -0.3 is 25.4 Å². The van der Waals surface area contributed by atoms with E-state index in [0.717, 1.165) is 23.9 Å². The van der Waals surface area contributed by atoms with Crippen LogP contribution in [0.5, 0.6) is 0 Å². The summed E-state index contributed by atoms with van der Waals surface area (Å²) in [5.74, 6) is -1.94. The van der Waals surface area contributed by atoms with Gasteiger partial charge >= 0.3 is 0 Å². The molecule has 0 aliphatic carbocycles. The average molecular weight is 499 g/mol. The predicted molar refractivity (Wildman–Crippen MR) is 129 cm³/mol. The van der Waals surface area contributed by atoms with Crippen LogP contribution in [0.25, 0.3) is 11.0 Å². The van der Waals surface area contributed by atoms with Crippen LogP contribution in [-0.4, -0.2) is 80.2 Å². The number of aromatic nitrogens is 3. The van der Waals surface area contributed by atoms with Gasteiger partial charge in [-0.05, 0) is 50.7 Å². The van der Waals surface area contributed by atoms with Gasteiger partial charge in [0, 0.05) is 19.7 Å². The maximum Gasteiger partial charge on any atom is 0.247 e. The molecule has 3 amide bonds. The number of carbonyl (C=O) groups excluding carboxylic acids is 3. The SMILES string of the molecule is CCCNC(=O)[C@@H]1[C@@H]2CCC3(O2)C(C(=O)NCn2nnc4ccccc42)N(CCCCCO)C(=O)[C@H]13. The van der Waals surface area contributed by atoms with Crippen LogP contribution in [-0.2, 0) is 25.8 Å². The lowest BCUT2D eigenvalue weighted by Crippen LogP contribution is -2.55. The Kier molecular flexibility index (Phi) is 6.94. The zero-order valence-corrected chi connectivity index (χ0v) is 20.6. The van der Waals surface area contributed by atoms with Crippen molar-refractivity contribution in [3.63, 3.8) is 0 Å². The zero-order valence-electron chi connectivity index (χ0n) is 20.6. The number of carbonyl (C=O) groups is 3. The highest BCUT2D eigenvalue weighted by Crippen LogP contribution is 2.58. The summed E-state index contributed by atoms with van der Waals surface area (Å²) in [5, 5.41) is 23.3. The quantitative estimate of drug-likeness (QED) is 0.385. The van der Waals surface area contributed by atoms with E-state index < -0.39 is 23.5 Å². The first-order valence-corrected chi connectivity index (χ1v) is 12.9. The van der Waals surface area contributed by atoms with E-state index in [1.807, 2.05) is 31.2 Å². The molecule has 0 saturated carbocycles. The third-order valence-electron chi connectivity index (χ3n) is 7.78. The molecular formula is C25H34N6O5. The second-order valence-electron chi connectivity index (χ2n) is 9.94. The molecule has 1 aromatic carbocycles. The Balaban J connectivity index is 1.39. The summed E-state index contributed by atoms with van der Waals surface area (Å²) in [5.41, 5.74) is 0.509. The summed E-state index contributed by atoms with van der Waals surface area (Å²) in [7, 11) is 0. The molecule has 3 fully saturated rings. The van der Waals surface area contributed by atoms with Crippen LogP contribution in [0.2, 0.25) is 0 Å². The van der Waals surface area contributed by atoms with Crippen molar-refractivity contribution in [3.05, 3.63) is 24.3 Å². The molecule has 2 bridgehead atoms. The van der Waals surface area contributed by atoms with Gasteiger partial charge in [-0.15, -0.1) is 5.10 Å². The molecule has 5 rings (SSSR count). The number of aliphatic hydroxyl groups excluding tert-OH is 1. The van der Waals surface area contributed by atoms with Gasteiger partial charge in [0.15, 0.2) is 0 Å². The number of rotatable bonds is 11. The van der Waals surface area contributed by atoms with Crippen molar-refractivity contribution >= 4 is 28.8 Å². The van der Waals surface area contributed by atoms with E-state index in [-0.39, 0.29) is 37.1 Å². The monoisotopic (exact) mass is 498 g/mol. The Hall–Kier alpha value is -3.05. The number of fused-ring (bicyclic) bond motifs is 2. The van der Waals surface area contributed by atoms with E-state index in [1.54, 1.807) is 9.58 Å². The topological polar surface area (TPSA) is 139 Å². The normalized spacial score (nSPS) is 28.6. The van der Waals surface area contributed by atoms with Crippen LogP contribution < -0.4 is 10.6 Å². The number of hydrogen-bond acceptors (Lipinski definition) is 7. The fourth-order valence-corrected chi connectivity index (χ4v) is 6.21. The van der Waals surface area contributed by atoms with Crippen LogP contribution in [0.3, 0.4) is 0 Å². The summed E-state index contributed by atoms with van der Waals surface area (Å²) >= 11 is 0. The molecule has 194 valence electrons. The zero-order chi connectivity index (χ0) is 25.3. The van der Waals surface area contributed by atoms with Crippen LogP contribution in [0.15, 0.2) is 24.3 Å². The highest BCUT2D eigenvalue weighted by Gasteiger charge is 2.74. The second kappa shape index (κ2) is 10.1. The third-order valence-corrected chi connectivity index (χ3v) is 7.78. The summed E-state index contributed by atoms with van der Waals surface area (Å²) in [4.78, 5) is 42.1. The van der Waals surface area contributed by atoms with Crippen LogP contribution in [0.4, 0.5) is 0 Å². The highest BCUT2D eigenvalue weighted by molar-refractivity contribution is 5.98. The number of amides is 3. The minimum Gasteiger partial charge on any atom is -0.396 e. The Morgan fingerprint density at radius 2 is 2.03 bits per heavy atom. The lowest BCUT2D eigenvalue weighted by atomic mass is 9.70. The van der Waals surface area contributed by atoms with Crippen LogP contribution in [0.1, 0.15) is 45.4 Å². The van der Waals surface area contributed by atoms with Crippen molar-refractivity contribution < 1.29 is 24.2 Å². The number of hydrogen-bond donors (Lipinski definition) is 3. The van der Waals surface area contributed by atoms with E-state index in [1.165, 1.54) is 0 Å². The first-order valence-electron chi connectivity index (χ1n) is 12.9.